The van der Waals surface area contributed by atoms with E-state index >= 15 is 0 Å². The van der Waals surface area contributed by atoms with Gasteiger partial charge in [-0.2, -0.15) is 8.42 Å². The predicted octanol–water partition coefficient (Wildman–Crippen LogP) is -0.584. The zero-order valence-corrected chi connectivity index (χ0v) is 12.3. The van der Waals surface area contributed by atoms with Gasteiger partial charge in [-0.05, 0) is 18.2 Å². The Morgan fingerprint density at radius 2 is 1.67 bits per heavy atom. The lowest BCUT2D eigenvalue weighted by Crippen LogP contribution is -2.30. The molecule has 0 amide bonds. The van der Waals surface area contributed by atoms with Crippen LogP contribution >= 0.6 is 0 Å². The van der Waals surface area contributed by atoms with Crippen molar-refractivity contribution in [2.24, 2.45) is 0 Å². The second-order valence-electron chi connectivity index (χ2n) is 3.81. The van der Waals surface area contributed by atoms with Gasteiger partial charge in [0.15, 0.2) is 0 Å². The van der Waals surface area contributed by atoms with Crippen molar-refractivity contribution in [3.63, 3.8) is 0 Å². The van der Waals surface area contributed by atoms with Crippen molar-refractivity contribution in [2.45, 2.75) is 0 Å². The first-order chi connectivity index (χ1) is 9.72. The number of anilines is 2. The average Bonchev–Trinajstić information content (AvgIpc) is 2.36. The quantitative estimate of drug-likeness (QED) is 0.341. The Morgan fingerprint density at radius 3 is 2.05 bits per heavy atom. The van der Waals surface area contributed by atoms with Gasteiger partial charge in [-0.25, -0.2) is 0 Å². The number of nitrogens with two attached hydrogens (primary N) is 1. The summed E-state index contributed by atoms with van der Waals surface area (Å²) in [5, 5.41) is 17.9. The van der Waals surface area contributed by atoms with Gasteiger partial charge in [-0.15, -0.1) is 0 Å². The molecule has 0 heterocycles. The van der Waals surface area contributed by atoms with Crippen molar-refractivity contribution >= 4 is 21.8 Å². The number of nitrogen functional groups attached to an aromatic ring is 1. The van der Waals surface area contributed by atoms with E-state index in [1.54, 1.807) is 25.3 Å². The molecular formula is C11H20N2O7S. The number of rotatable bonds is 6. The highest BCUT2D eigenvalue weighted by Crippen LogP contribution is 2.29. The molecule has 21 heavy (non-hydrogen) atoms. The smallest absolute Gasteiger partial charge is 0.394 e. The van der Waals surface area contributed by atoms with Crippen LogP contribution in [0.15, 0.2) is 18.2 Å². The van der Waals surface area contributed by atoms with Crippen LogP contribution in [0.3, 0.4) is 0 Å². The number of ether oxygens (including phenoxy) is 1. The number of nitrogens with zero attached hydrogens (tertiary/aromatic N) is 1. The minimum absolute atomic E-state index is 0.0119. The van der Waals surface area contributed by atoms with E-state index in [-0.39, 0.29) is 13.2 Å². The predicted molar refractivity (Wildman–Crippen MR) is 78.0 cm³/mol. The zero-order valence-electron chi connectivity index (χ0n) is 11.5. The molecule has 0 spiro atoms. The van der Waals surface area contributed by atoms with E-state index in [2.05, 4.69) is 0 Å². The van der Waals surface area contributed by atoms with E-state index in [0.717, 1.165) is 5.69 Å². The second kappa shape index (κ2) is 9.37. The monoisotopic (exact) mass is 324 g/mol. The highest BCUT2D eigenvalue weighted by atomic mass is 32.3. The largest absolute Gasteiger partial charge is 0.495 e. The number of hydrogen-bond acceptors (Lipinski definition) is 7. The lowest BCUT2D eigenvalue weighted by atomic mass is 10.2. The van der Waals surface area contributed by atoms with Gasteiger partial charge < -0.3 is 25.6 Å². The van der Waals surface area contributed by atoms with Crippen molar-refractivity contribution in [3.8, 4) is 5.75 Å². The fourth-order valence-electron chi connectivity index (χ4n) is 1.55. The molecule has 0 aliphatic rings. The van der Waals surface area contributed by atoms with Crippen LogP contribution < -0.4 is 15.4 Å². The summed E-state index contributed by atoms with van der Waals surface area (Å²) in [5.41, 5.74) is 7.11. The standard InChI is InChI=1S/C11H18N2O3.H2O4S/c1-16-11-3-2-9(12)8-10(11)13(4-6-14)5-7-15;1-5(2,3)4/h2-3,8,14-15H,4-7,12H2,1H3;(H2,1,2,3,4). The molecule has 9 nitrogen and oxygen atoms in total. The summed E-state index contributed by atoms with van der Waals surface area (Å²) in [6, 6.07) is 5.29. The van der Waals surface area contributed by atoms with Gasteiger partial charge >= 0.3 is 10.4 Å². The SMILES string of the molecule is COc1ccc(N)cc1N(CCO)CCO.O=S(=O)(O)O. The molecule has 1 aromatic carbocycles. The number of benzene rings is 1. The van der Waals surface area contributed by atoms with Crippen molar-refractivity contribution in [2.75, 3.05) is 44.0 Å². The summed E-state index contributed by atoms with van der Waals surface area (Å²) in [6.45, 7) is 0.886. The highest BCUT2D eigenvalue weighted by molar-refractivity contribution is 7.79. The Kier molecular flexibility index (Phi) is 8.66. The lowest BCUT2D eigenvalue weighted by molar-refractivity contribution is 0.280. The minimum atomic E-state index is -4.67. The average molecular weight is 324 g/mol. The van der Waals surface area contributed by atoms with E-state index in [4.69, 9.17) is 38.2 Å². The number of methoxy groups -OCH3 is 1. The number of aliphatic hydroxyl groups is 2. The van der Waals surface area contributed by atoms with Crippen LogP contribution in [-0.2, 0) is 10.4 Å². The Morgan fingerprint density at radius 1 is 1.19 bits per heavy atom. The van der Waals surface area contributed by atoms with E-state index in [9.17, 15) is 0 Å². The van der Waals surface area contributed by atoms with Crippen molar-refractivity contribution < 1.29 is 32.5 Å². The Hall–Kier alpha value is -1.59. The summed E-state index contributed by atoms with van der Waals surface area (Å²) in [6.07, 6.45) is 0. The molecule has 0 aliphatic heterocycles. The summed E-state index contributed by atoms with van der Waals surface area (Å²) < 4.78 is 36.8. The van der Waals surface area contributed by atoms with Crippen molar-refractivity contribution in [3.05, 3.63) is 18.2 Å². The van der Waals surface area contributed by atoms with Gasteiger partial charge in [0, 0.05) is 18.8 Å². The van der Waals surface area contributed by atoms with Gasteiger partial charge in [0.1, 0.15) is 5.75 Å². The summed E-state index contributed by atoms with van der Waals surface area (Å²) in [7, 11) is -3.09. The first kappa shape index (κ1) is 19.4. The number of hydrogen-bond donors (Lipinski definition) is 5. The van der Waals surface area contributed by atoms with Crippen LogP contribution in [0.1, 0.15) is 0 Å². The summed E-state index contributed by atoms with van der Waals surface area (Å²) in [4.78, 5) is 1.83. The van der Waals surface area contributed by atoms with E-state index in [0.29, 0.717) is 24.5 Å². The van der Waals surface area contributed by atoms with Gasteiger partial charge in [0.25, 0.3) is 0 Å². The topological polar surface area (TPSA) is 154 Å². The van der Waals surface area contributed by atoms with Crippen LogP contribution in [-0.4, -0.2) is 61.1 Å². The lowest BCUT2D eigenvalue weighted by Gasteiger charge is -2.25. The van der Waals surface area contributed by atoms with Gasteiger partial charge in [-0.1, -0.05) is 0 Å². The van der Waals surface area contributed by atoms with E-state index < -0.39 is 10.4 Å². The van der Waals surface area contributed by atoms with Crippen molar-refractivity contribution in [1.82, 2.24) is 0 Å². The van der Waals surface area contributed by atoms with Crippen LogP contribution in [0.25, 0.3) is 0 Å². The van der Waals surface area contributed by atoms with Crippen molar-refractivity contribution in [1.29, 1.82) is 0 Å². The third-order valence-corrected chi connectivity index (χ3v) is 2.28. The molecule has 0 fully saturated rings. The molecule has 0 aromatic heterocycles. The molecule has 0 unspecified atom stereocenters. The fourth-order valence-corrected chi connectivity index (χ4v) is 1.55. The fraction of sp³-hybridized carbons (Fsp3) is 0.455. The molecular weight excluding hydrogens is 304 g/mol. The first-order valence-electron chi connectivity index (χ1n) is 5.83. The van der Waals surface area contributed by atoms with E-state index in [1.807, 2.05) is 4.90 Å². The summed E-state index contributed by atoms with van der Waals surface area (Å²) in [5.74, 6) is 0.677. The molecule has 0 atom stereocenters. The molecule has 0 saturated heterocycles. The van der Waals surface area contributed by atoms with Crippen LogP contribution in [0.5, 0.6) is 5.75 Å². The molecule has 0 radical (unpaired) electrons. The van der Waals surface area contributed by atoms with Crippen LogP contribution in [0, 0.1) is 0 Å². The van der Waals surface area contributed by atoms with Gasteiger partial charge in [0.2, 0.25) is 0 Å². The molecule has 10 heteroatoms. The Bertz CT molecular complexity index is 507. The maximum absolute atomic E-state index is 8.96. The van der Waals surface area contributed by atoms with Gasteiger partial charge in [0.05, 0.1) is 26.0 Å². The Labute approximate surface area is 123 Å². The molecule has 6 N–H and O–H groups in total. The Balaban J connectivity index is 0.000000690. The van der Waals surface area contributed by atoms with Crippen LogP contribution in [0.4, 0.5) is 11.4 Å². The van der Waals surface area contributed by atoms with Crippen LogP contribution in [0.2, 0.25) is 0 Å². The minimum Gasteiger partial charge on any atom is -0.495 e. The van der Waals surface area contributed by atoms with E-state index in [1.165, 1.54) is 0 Å². The maximum Gasteiger partial charge on any atom is 0.394 e. The van der Waals surface area contributed by atoms with Gasteiger partial charge in [-0.3, -0.25) is 9.11 Å². The second-order valence-corrected chi connectivity index (χ2v) is 4.71. The molecule has 122 valence electrons. The third-order valence-electron chi connectivity index (χ3n) is 2.28. The number of aliphatic hydroxyl groups excluding tert-OH is 2. The highest BCUT2D eigenvalue weighted by Gasteiger charge is 2.11. The third kappa shape index (κ3) is 9.05. The molecule has 1 aromatic rings. The molecule has 0 aliphatic carbocycles. The maximum atomic E-state index is 8.96. The molecule has 1 rings (SSSR count). The zero-order chi connectivity index (χ0) is 16.5. The molecule has 0 saturated carbocycles. The summed E-state index contributed by atoms with van der Waals surface area (Å²) >= 11 is 0. The first-order valence-corrected chi connectivity index (χ1v) is 7.22. The molecule has 0 bridgehead atoms. The normalized spacial score (nSPS) is 10.5.